The maximum absolute atomic E-state index is 8.78. The predicted octanol–water partition coefficient (Wildman–Crippen LogP) is 4.82. The SMILES string of the molecule is C#CO[Si](CCCN)(OCC)OCC.CC(O)CCCC(C)O.CCCCCC(C)O[Si](CCCN)(OC)OCC. The van der Waals surface area contributed by atoms with Gasteiger partial charge in [0.2, 0.25) is 0 Å². The van der Waals surface area contributed by atoms with Crippen molar-refractivity contribution in [3.8, 4) is 12.5 Å². The van der Waals surface area contributed by atoms with Gasteiger partial charge < -0.3 is 48.2 Å². The van der Waals surface area contributed by atoms with Crippen molar-refractivity contribution in [1.82, 2.24) is 0 Å². The Morgan fingerprint density at radius 3 is 1.54 bits per heavy atom. The predicted molar refractivity (Wildman–Crippen MR) is 172 cm³/mol. The zero-order chi connectivity index (χ0) is 32.0. The van der Waals surface area contributed by atoms with E-state index in [9.17, 15) is 0 Å². The van der Waals surface area contributed by atoms with E-state index in [1.807, 2.05) is 20.8 Å². The van der Waals surface area contributed by atoms with Crippen molar-refractivity contribution < 1.29 is 36.8 Å². The van der Waals surface area contributed by atoms with Gasteiger partial charge in [-0.15, -0.1) is 0 Å². The molecule has 0 aliphatic carbocycles. The lowest BCUT2D eigenvalue weighted by atomic mass is 10.1. The zero-order valence-electron chi connectivity index (χ0n) is 27.6. The molecule has 0 aliphatic rings. The lowest BCUT2D eigenvalue weighted by Gasteiger charge is -2.30. The van der Waals surface area contributed by atoms with Crippen LogP contribution in [0, 0.1) is 12.5 Å². The van der Waals surface area contributed by atoms with Gasteiger partial charge in [-0.1, -0.05) is 32.6 Å². The van der Waals surface area contributed by atoms with Crippen molar-refractivity contribution in [2.75, 3.05) is 40.0 Å². The molecule has 4 atom stereocenters. The molecule has 0 heterocycles. The van der Waals surface area contributed by atoms with Gasteiger partial charge in [-0.3, -0.25) is 0 Å². The highest BCUT2D eigenvalue weighted by molar-refractivity contribution is 6.61. The highest BCUT2D eigenvalue weighted by Crippen LogP contribution is 2.21. The van der Waals surface area contributed by atoms with Gasteiger partial charge in [-0.25, -0.2) is 0 Å². The second-order valence-electron chi connectivity index (χ2n) is 9.93. The van der Waals surface area contributed by atoms with Crippen molar-refractivity contribution in [3.63, 3.8) is 0 Å². The molecule has 0 amide bonds. The summed E-state index contributed by atoms with van der Waals surface area (Å²) >= 11 is 0. The molecule has 0 aromatic rings. The fraction of sp³-hybridized carbons (Fsp3) is 0.931. The number of unbranched alkanes of at least 4 members (excludes halogenated alkanes) is 2. The number of hydrogen-bond acceptors (Lipinski definition) is 10. The van der Waals surface area contributed by atoms with Crippen molar-refractivity contribution in [3.05, 3.63) is 0 Å². The monoisotopic (exact) mass is 626 g/mol. The first-order chi connectivity index (χ1) is 19.5. The molecule has 0 aliphatic heterocycles. The molecule has 0 spiro atoms. The van der Waals surface area contributed by atoms with E-state index in [0.717, 1.165) is 44.6 Å². The van der Waals surface area contributed by atoms with Crippen LogP contribution in [0.25, 0.3) is 0 Å². The average molecular weight is 627 g/mol. The Morgan fingerprint density at radius 1 is 0.707 bits per heavy atom. The Labute approximate surface area is 254 Å². The van der Waals surface area contributed by atoms with Crippen molar-refractivity contribution >= 4 is 17.6 Å². The lowest BCUT2D eigenvalue weighted by molar-refractivity contribution is 0.0458. The summed E-state index contributed by atoms with van der Waals surface area (Å²) in [7, 11) is -3.43. The molecule has 0 aromatic heterocycles. The zero-order valence-corrected chi connectivity index (χ0v) is 29.6. The first kappa shape index (κ1) is 44.9. The molecular formula is C29H66N2O8Si2. The van der Waals surface area contributed by atoms with Crippen LogP contribution in [0.2, 0.25) is 12.1 Å². The molecule has 4 unspecified atom stereocenters. The topological polar surface area (TPSA) is 148 Å². The summed E-state index contributed by atoms with van der Waals surface area (Å²) in [5.74, 6) is 0. The first-order valence-corrected chi connectivity index (χ1v) is 19.4. The summed E-state index contributed by atoms with van der Waals surface area (Å²) in [6.45, 7) is 16.6. The number of aliphatic hydroxyl groups excluding tert-OH is 2. The van der Waals surface area contributed by atoms with Crippen LogP contribution < -0.4 is 11.5 Å². The molecule has 0 saturated carbocycles. The second-order valence-corrected chi connectivity index (χ2v) is 15.4. The molecular weight excluding hydrogens is 560 g/mol. The highest BCUT2D eigenvalue weighted by atomic mass is 28.4. The maximum atomic E-state index is 8.78. The van der Waals surface area contributed by atoms with E-state index >= 15 is 0 Å². The van der Waals surface area contributed by atoms with Crippen LogP contribution in [-0.2, 0) is 26.6 Å². The minimum Gasteiger partial charge on any atom is -0.451 e. The molecule has 6 N–H and O–H groups in total. The van der Waals surface area contributed by atoms with Gasteiger partial charge in [-0.2, -0.15) is 0 Å². The summed E-state index contributed by atoms with van der Waals surface area (Å²) < 4.78 is 33.7. The van der Waals surface area contributed by atoms with Crippen LogP contribution in [-0.4, -0.2) is 86.2 Å². The van der Waals surface area contributed by atoms with Gasteiger partial charge in [0.1, 0.15) is 0 Å². The van der Waals surface area contributed by atoms with Gasteiger partial charge in [0.15, 0.2) is 0 Å². The largest absolute Gasteiger partial charge is 0.574 e. The minimum absolute atomic E-state index is 0.201. The standard InChI is InChI=1S/C13H31NO3Si.C9H19NO3Si.C7H16O2/c1-5-7-8-10-13(3)17-18(15-4,16-6-2)12-9-11-14;1-4-11-14(12-5-2,13-6-3)9-7-8-10;1-6(8)4-3-5-7(2)9/h13H,5-12,14H2,1-4H3;1H,5-10H2,2-3H3;6-9H,3-5H2,1-2H3. The van der Waals surface area contributed by atoms with Crippen LogP contribution in [0.4, 0.5) is 0 Å². The summed E-state index contributed by atoms with van der Waals surface area (Å²) in [5, 5.41) is 17.6. The Morgan fingerprint density at radius 2 is 1.17 bits per heavy atom. The number of terminal acetylenes is 1. The van der Waals surface area contributed by atoms with Crippen LogP contribution in [0.1, 0.15) is 106 Å². The molecule has 0 bridgehead atoms. The molecule has 41 heavy (non-hydrogen) atoms. The fourth-order valence-electron chi connectivity index (χ4n) is 3.81. The van der Waals surface area contributed by atoms with E-state index in [2.05, 4.69) is 20.0 Å². The van der Waals surface area contributed by atoms with E-state index in [4.69, 9.17) is 54.7 Å². The van der Waals surface area contributed by atoms with E-state index in [1.54, 1.807) is 21.0 Å². The molecule has 248 valence electrons. The van der Waals surface area contributed by atoms with Crippen LogP contribution >= 0.6 is 0 Å². The second kappa shape index (κ2) is 30.9. The van der Waals surface area contributed by atoms with Crippen LogP contribution in [0.5, 0.6) is 0 Å². The molecule has 10 nitrogen and oxygen atoms in total. The molecule has 0 fully saturated rings. The normalized spacial score (nSPS) is 14.8. The van der Waals surface area contributed by atoms with E-state index in [-0.39, 0.29) is 18.3 Å². The van der Waals surface area contributed by atoms with Gasteiger partial charge in [0.25, 0.3) is 0 Å². The maximum Gasteiger partial charge on any atom is 0.574 e. The third kappa shape index (κ3) is 28.0. The third-order valence-electron chi connectivity index (χ3n) is 5.83. The van der Waals surface area contributed by atoms with Gasteiger partial charge in [-0.05, 0) is 93.2 Å². The molecule has 0 rings (SSSR count). The number of rotatable bonds is 24. The summed E-state index contributed by atoms with van der Waals surface area (Å²) in [6, 6.07) is 1.49. The van der Waals surface area contributed by atoms with Crippen LogP contribution in [0.3, 0.4) is 0 Å². The van der Waals surface area contributed by atoms with Crippen molar-refractivity contribution in [1.29, 1.82) is 0 Å². The number of aliphatic hydroxyl groups is 2. The highest BCUT2D eigenvalue weighted by Gasteiger charge is 2.42. The third-order valence-corrected chi connectivity index (χ3v) is 11.8. The smallest absolute Gasteiger partial charge is 0.451 e. The summed E-state index contributed by atoms with van der Waals surface area (Å²) in [6.07, 6.45) is 16.0. The summed E-state index contributed by atoms with van der Waals surface area (Å²) in [5.41, 5.74) is 11.0. The van der Waals surface area contributed by atoms with E-state index in [0.29, 0.717) is 39.0 Å². The van der Waals surface area contributed by atoms with Crippen molar-refractivity contribution in [2.24, 2.45) is 11.5 Å². The Kier molecular flexibility index (Phi) is 33.8. The number of hydrogen-bond donors (Lipinski definition) is 4. The summed E-state index contributed by atoms with van der Waals surface area (Å²) in [4.78, 5) is 0. The van der Waals surface area contributed by atoms with Crippen molar-refractivity contribution in [2.45, 2.75) is 137 Å². The fourth-order valence-corrected chi connectivity index (χ4v) is 8.66. The quantitative estimate of drug-likeness (QED) is 0.0668. The lowest BCUT2D eigenvalue weighted by Crippen LogP contribution is -2.47. The molecule has 0 saturated heterocycles. The Bertz CT molecular complexity index is 572. The Balaban J connectivity index is -0.000000559. The first-order valence-electron chi connectivity index (χ1n) is 15.6. The van der Waals surface area contributed by atoms with E-state index in [1.165, 1.54) is 19.3 Å². The van der Waals surface area contributed by atoms with Gasteiger partial charge in [0, 0.05) is 45.1 Å². The van der Waals surface area contributed by atoms with Gasteiger partial charge >= 0.3 is 17.6 Å². The van der Waals surface area contributed by atoms with Crippen LogP contribution in [0.15, 0.2) is 0 Å². The number of nitrogens with two attached hydrogens (primary N) is 2. The van der Waals surface area contributed by atoms with E-state index < -0.39 is 17.6 Å². The Hall–Kier alpha value is -0.566. The van der Waals surface area contributed by atoms with Gasteiger partial charge in [0.05, 0.1) is 18.3 Å². The average Bonchev–Trinajstić information content (AvgIpc) is 2.91. The molecule has 12 heteroatoms. The molecule has 0 radical (unpaired) electrons. The minimum atomic E-state index is -2.63. The molecule has 0 aromatic carbocycles.